The van der Waals surface area contributed by atoms with Gasteiger partial charge in [-0.25, -0.2) is 9.78 Å². The van der Waals surface area contributed by atoms with E-state index in [0.717, 1.165) is 0 Å². The lowest BCUT2D eigenvalue weighted by molar-refractivity contribution is -0.119. The van der Waals surface area contributed by atoms with Crippen molar-refractivity contribution in [2.45, 2.75) is 0 Å². The van der Waals surface area contributed by atoms with Gasteiger partial charge in [0.15, 0.2) is 6.61 Å². The standard InChI is InChI=1S/C15H10ClN3O3/c16-13-6-5-11(8-18-13)15(21)22-9-14(20)19-12-4-2-1-3-10(12)7-17/h1-6,8H,9H2,(H,19,20). The van der Waals surface area contributed by atoms with E-state index in [1.807, 2.05) is 6.07 Å². The van der Waals surface area contributed by atoms with Crippen LogP contribution in [0.5, 0.6) is 0 Å². The van der Waals surface area contributed by atoms with E-state index in [9.17, 15) is 9.59 Å². The van der Waals surface area contributed by atoms with Gasteiger partial charge in [0.05, 0.1) is 16.8 Å². The van der Waals surface area contributed by atoms with Crippen LogP contribution >= 0.6 is 11.6 Å². The molecule has 0 spiro atoms. The number of aromatic nitrogens is 1. The highest BCUT2D eigenvalue weighted by molar-refractivity contribution is 6.29. The van der Waals surface area contributed by atoms with Crippen LogP contribution in [0.3, 0.4) is 0 Å². The second-order valence-electron chi connectivity index (χ2n) is 4.15. The van der Waals surface area contributed by atoms with E-state index in [4.69, 9.17) is 21.6 Å². The van der Waals surface area contributed by atoms with E-state index in [0.29, 0.717) is 11.3 Å². The highest BCUT2D eigenvalue weighted by Crippen LogP contribution is 2.13. The molecule has 1 aromatic heterocycles. The van der Waals surface area contributed by atoms with E-state index >= 15 is 0 Å². The number of ether oxygens (including phenoxy) is 1. The molecule has 0 saturated heterocycles. The first-order chi connectivity index (χ1) is 10.6. The lowest BCUT2D eigenvalue weighted by atomic mass is 10.2. The number of anilines is 1. The minimum atomic E-state index is -0.687. The zero-order valence-corrected chi connectivity index (χ0v) is 12.0. The zero-order valence-electron chi connectivity index (χ0n) is 11.2. The Hall–Kier alpha value is -2.91. The van der Waals surface area contributed by atoms with Crippen molar-refractivity contribution < 1.29 is 14.3 Å². The lowest BCUT2D eigenvalue weighted by Crippen LogP contribution is -2.21. The maximum atomic E-state index is 11.7. The first-order valence-electron chi connectivity index (χ1n) is 6.18. The molecule has 110 valence electrons. The van der Waals surface area contributed by atoms with Crippen molar-refractivity contribution in [3.8, 4) is 6.07 Å². The van der Waals surface area contributed by atoms with Crippen LogP contribution in [0, 0.1) is 11.3 Å². The molecule has 0 aliphatic rings. The molecule has 1 heterocycles. The van der Waals surface area contributed by atoms with Gasteiger partial charge in [-0.2, -0.15) is 5.26 Å². The number of carbonyl (C=O) groups excluding carboxylic acids is 2. The molecular weight excluding hydrogens is 306 g/mol. The molecule has 0 aliphatic heterocycles. The monoisotopic (exact) mass is 315 g/mol. The van der Waals surface area contributed by atoms with Gasteiger partial charge in [-0.05, 0) is 24.3 Å². The molecule has 2 aromatic rings. The van der Waals surface area contributed by atoms with Gasteiger partial charge in [0.25, 0.3) is 5.91 Å². The highest BCUT2D eigenvalue weighted by Gasteiger charge is 2.12. The minimum Gasteiger partial charge on any atom is -0.452 e. The Morgan fingerprint density at radius 2 is 2.05 bits per heavy atom. The van der Waals surface area contributed by atoms with E-state index in [1.54, 1.807) is 24.3 Å². The van der Waals surface area contributed by atoms with E-state index < -0.39 is 18.5 Å². The van der Waals surface area contributed by atoms with Crippen LogP contribution in [0.2, 0.25) is 5.15 Å². The number of halogens is 1. The molecule has 7 heteroatoms. The normalized spacial score (nSPS) is 9.64. The number of pyridine rings is 1. The number of amides is 1. The van der Waals surface area contributed by atoms with Gasteiger partial charge in [-0.3, -0.25) is 4.79 Å². The summed E-state index contributed by atoms with van der Waals surface area (Å²) in [4.78, 5) is 27.2. The predicted molar refractivity (Wildman–Crippen MR) is 79.3 cm³/mol. The minimum absolute atomic E-state index is 0.189. The summed E-state index contributed by atoms with van der Waals surface area (Å²) in [6, 6.07) is 11.4. The van der Waals surface area contributed by atoms with Gasteiger partial charge >= 0.3 is 5.97 Å². The summed E-state index contributed by atoms with van der Waals surface area (Å²) in [6.45, 7) is -0.471. The van der Waals surface area contributed by atoms with Crippen molar-refractivity contribution in [2.24, 2.45) is 0 Å². The van der Waals surface area contributed by atoms with Crippen LogP contribution in [0.15, 0.2) is 42.6 Å². The number of rotatable bonds is 4. The van der Waals surface area contributed by atoms with Crippen LogP contribution in [0.1, 0.15) is 15.9 Å². The van der Waals surface area contributed by atoms with Gasteiger partial charge < -0.3 is 10.1 Å². The number of hydrogen-bond acceptors (Lipinski definition) is 5. The van der Waals surface area contributed by atoms with Gasteiger partial charge in [0.2, 0.25) is 0 Å². The molecule has 6 nitrogen and oxygen atoms in total. The Kier molecular flexibility index (Phi) is 5.07. The molecule has 0 bridgehead atoms. The van der Waals surface area contributed by atoms with E-state index in [1.165, 1.54) is 18.3 Å². The topological polar surface area (TPSA) is 92.1 Å². The zero-order chi connectivity index (χ0) is 15.9. The molecule has 2 rings (SSSR count). The van der Waals surface area contributed by atoms with Gasteiger partial charge in [-0.15, -0.1) is 0 Å². The molecule has 22 heavy (non-hydrogen) atoms. The number of benzene rings is 1. The molecule has 1 aromatic carbocycles. The molecule has 0 saturated carbocycles. The molecule has 0 atom stereocenters. The number of para-hydroxylation sites is 1. The maximum Gasteiger partial charge on any atom is 0.340 e. The first-order valence-corrected chi connectivity index (χ1v) is 6.55. The van der Waals surface area contributed by atoms with Crippen molar-refractivity contribution in [1.82, 2.24) is 4.98 Å². The average Bonchev–Trinajstić information content (AvgIpc) is 2.54. The Bertz CT molecular complexity index is 738. The fraction of sp³-hybridized carbons (Fsp3) is 0.0667. The predicted octanol–water partition coefficient (Wildman–Crippen LogP) is 2.40. The van der Waals surface area contributed by atoms with Crippen LogP contribution < -0.4 is 5.32 Å². The molecule has 1 amide bonds. The van der Waals surface area contributed by atoms with Crippen molar-refractivity contribution >= 4 is 29.2 Å². The molecule has 0 unspecified atom stereocenters. The summed E-state index contributed by atoms with van der Waals surface area (Å²) < 4.78 is 4.86. The molecule has 1 N–H and O–H groups in total. The molecular formula is C15H10ClN3O3. The quantitative estimate of drug-likeness (QED) is 0.691. The third-order valence-corrected chi connectivity index (χ3v) is 2.84. The van der Waals surface area contributed by atoms with E-state index in [-0.39, 0.29) is 10.7 Å². The maximum absolute atomic E-state index is 11.7. The molecule has 0 radical (unpaired) electrons. The van der Waals surface area contributed by atoms with Crippen LogP contribution in [0.25, 0.3) is 0 Å². The summed E-state index contributed by atoms with van der Waals surface area (Å²) in [6.07, 6.45) is 1.26. The third kappa shape index (κ3) is 4.04. The fourth-order valence-electron chi connectivity index (χ4n) is 1.59. The Balaban J connectivity index is 1.91. The van der Waals surface area contributed by atoms with Crippen LogP contribution in [0.4, 0.5) is 5.69 Å². The number of carbonyl (C=O) groups is 2. The number of hydrogen-bond donors (Lipinski definition) is 1. The lowest BCUT2D eigenvalue weighted by Gasteiger charge is -2.07. The van der Waals surface area contributed by atoms with Gasteiger partial charge in [-0.1, -0.05) is 23.7 Å². The number of nitrogens with zero attached hydrogens (tertiary/aromatic N) is 2. The summed E-state index contributed by atoms with van der Waals surface area (Å²) >= 11 is 5.61. The van der Waals surface area contributed by atoms with Crippen molar-refractivity contribution in [2.75, 3.05) is 11.9 Å². The third-order valence-electron chi connectivity index (χ3n) is 2.62. The Morgan fingerprint density at radius 3 is 2.73 bits per heavy atom. The van der Waals surface area contributed by atoms with Crippen molar-refractivity contribution in [3.63, 3.8) is 0 Å². The average molecular weight is 316 g/mol. The van der Waals surface area contributed by atoms with Crippen molar-refractivity contribution in [3.05, 3.63) is 58.9 Å². The fourth-order valence-corrected chi connectivity index (χ4v) is 1.70. The number of nitrogens with one attached hydrogen (secondary N) is 1. The number of esters is 1. The SMILES string of the molecule is N#Cc1ccccc1NC(=O)COC(=O)c1ccc(Cl)nc1. The van der Waals surface area contributed by atoms with Crippen LogP contribution in [-0.4, -0.2) is 23.5 Å². The van der Waals surface area contributed by atoms with Crippen molar-refractivity contribution in [1.29, 1.82) is 5.26 Å². The van der Waals surface area contributed by atoms with Crippen LogP contribution in [-0.2, 0) is 9.53 Å². The van der Waals surface area contributed by atoms with Gasteiger partial charge in [0, 0.05) is 6.20 Å². The van der Waals surface area contributed by atoms with E-state index in [2.05, 4.69) is 10.3 Å². The second-order valence-corrected chi connectivity index (χ2v) is 4.54. The Morgan fingerprint density at radius 1 is 1.27 bits per heavy atom. The second kappa shape index (κ2) is 7.20. The summed E-state index contributed by atoms with van der Waals surface area (Å²) in [5.41, 5.74) is 0.873. The molecule has 0 aliphatic carbocycles. The Labute approximate surface area is 131 Å². The summed E-state index contributed by atoms with van der Waals surface area (Å²) in [7, 11) is 0. The van der Waals surface area contributed by atoms with Gasteiger partial charge in [0.1, 0.15) is 11.2 Å². The largest absolute Gasteiger partial charge is 0.452 e. The smallest absolute Gasteiger partial charge is 0.340 e. The number of nitriles is 1. The summed E-state index contributed by atoms with van der Waals surface area (Å²) in [5.74, 6) is -1.23. The first kappa shape index (κ1) is 15.5. The highest BCUT2D eigenvalue weighted by atomic mass is 35.5. The summed E-state index contributed by atoms with van der Waals surface area (Å²) in [5, 5.41) is 11.7. The molecule has 0 fully saturated rings.